The topological polar surface area (TPSA) is 45.3 Å². The second-order valence-corrected chi connectivity index (χ2v) is 7.32. The molecule has 0 spiro atoms. The zero-order valence-electron chi connectivity index (χ0n) is 16.1. The first kappa shape index (κ1) is 22.1. The Balaban J connectivity index is 2.02. The molecule has 0 radical (unpaired) electrons. The third-order valence-corrected chi connectivity index (χ3v) is 4.87. The quantitative estimate of drug-likeness (QED) is 0.237. The molecule has 1 heterocycles. The molecular weight excluding hydrogens is 393 g/mol. The summed E-state index contributed by atoms with van der Waals surface area (Å²) < 4.78 is 1.80. The highest BCUT2D eigenvalue weighted by Crippen LogP contribution is 2.23. The van der Waals surface area contributed by atoms with Crippen LogP contribution in [-0.4, -0.2) is 11.6 Å². The number of aromatic nitrogens is 1. The zero-order chi connectivity index (χ0) is 20.2. The lowest BCUT2D eigenvalue weighted by molar-refractivity contribution is -0.684. The highest BCUT2D eigenvalue weighted by atomic mass is 35.5. The normalized spacial score (nSPS) is 11.8. The lowest BCUT2D eigenvalue weighted by Gasteiger charge is -2.04. The predicted octanol–water partition coefficient (Wildman–Crippen LogP) is 5.44. The van der Waals surface area contributed by atoms with Gasteiger partial charge in [0.25, 0.3) is 0 Å². The summed E-state index contributed by atoms with van der Waals surface area (Å²) in [6.45, 7) is 2.41. The second-order valence-electron chi connectivity index (χ2n) is 6.50. The Morgan fingerprint density at radius 2 is 1.89 bits per heavy atom. The number of benzene rings is 1. The Bertz CT molecular complexity index is 820. The van der Waals surface area contributed by atoms with Gasteiger partial charge < -0.3 is 0 Å². The molecule has 1 aromatic heterocycles. The van der Waals surface area contributed by atoms with E-state index >= 15 is 0 Å². The third-order valence-electron chi connectivity index (χ3n) is 4.13. The number of unbranched alkanes of at least 4 members (excludes halogenated alkanes) is 3. The van der Waals surface area contributed by atoms with E-state index in [1.807, 2.05) is 48.8 Å². The van der Waals surface area contributed by atoms with Crippen molar-refractivity contribution in [2.45, 2.75) is 45.6 Å². The molecule has 0 aliphatic carbocycles. The Labute approximate surface area is 176 Å². The number of hydrogen-bond acceptors (Lipinski definition) is 2. The van der Waals surface area contributed by atoms with E-state index in [2.05, 4.69) is 17.5 Å². The first-order chi connectivity index (χ1) is 13.6. The van der Waals surface area contributed by atoms with Crippen LogP contribution in [-0.2, 0) is 11.3 Å². The van der Waals surface area contributed by atoms with Gasteiger partial charge in [-0.15, -0.1) is 0 Å². The van der Waals surface area contributed by atoms with Crippen LogP contribution in [0.25, 0.3) is 6.08 Å². The summed E-state index contributed by atoms with van der Waals surface area (Å²) >= 11 is 12.0. The first-order valence-corrected chi connectivity index (χ1v) is 10.3. The Morgan fingerprint density at radius 3 is 2.61 bits per heavy atom. The molecule has 28 heavy (non-hydrogen) atoms. The van der Waals surface area contributed by atoms with Gasteiger partial charge in [-0.05, 0) is 36.6 Å². The van der Waals surface area contributed by atoms with Crippen molar-refractivity contribution in [1.29, 1.82) is 0 Å². The summed E-state index contributed by atoms with van der Waals surface area (Å²) in [4.78, 5) is 12.2. The van der Waals surface area contributed by atoms with Crippen LogP contribution in [0, 0.1) is 0 Å². The molecule has 1 amide bonds. The molecule has 1 N–H and O–H groups in total. The molecule has 0 atom stereocenters. The van der Waals surface area contributed by atoms with Crippen molar-refractivity contribution in [1.82, 2.24) is 5.43 Å². The first-order valence-electron chi connectivity index (χ1n) is 9.51. The van der Waals surface area contributed by atoms with Crippen LogP contribution >= 0.6 is 23.2 Å². The molecule has 0 fully saturated rings. The van der Waals surface area contributed by atoms with Gasteiger partial charge >= 0.3 is 5.91 Å². The number of carbonyl (C=O) groups is 1. The van der Waals surface area contributed by atoms with Crippen LogP contribution < -0.4 is 9.99 Å². The summed E-state index contributed by atoms with van der Waals surface area (Å²) in [6, 6.07) is 11.1. The minimum absolute atomic E-state index is 0.162. The Morgan fingerprint density at radius 1 is 1.11 bits per heavy atom. The van der Waals surface area contributed by atoms with E-state index in [1.165, 1.54) is 12.8 Å². The number of halogens is 2. The van der Waals surface area contributed by atoms with E-state index in [4.69, 9.17) is 23.2 Å². The van der Waals surface area contributed by atoms with Crippen molar-refractivity contribution in [2.24, 2.45) is 5.10 Å². The molecule has 148 valence electrons. The van der Waals surface area contributed by atoms with Gasteiger partial charge in [-0.2, -0.15) is 9.67 Å². The lowest BCUT2D eigenvalue weighted by Crippen LogP contribution is -2.41. The van der Waals surface area contributed by atoms with Crippen LogP contribution in [0.3, 0.4) is 0 Å². The van der Waals surface area contributed by atoms with Crippen LogP contribution in [0.4, 0.5) is 0 Å². The summed E-state index contributed by atoms with van der Waals surface area (Å²) in [5, 5.41) is 5.37. The standard InChI is InChI=1S/C22H25Cl2N3O/c1-2-3-4-6-9-19(12-10-18-11-13-20(23)21(24)16-18)25-26-22(28)17-27-14-7-5-8-15-27/h5,7-8,10-16H,2-4,6,9,17H2,1H3/p+1/b12-10+,25-19?. The van der Waals surface area contributed by atoms with Crippen LogP contribution in [0.2, 0.25) is 10.0 Å². The Kier molecular flexibility index (Phi) is 9.73. The second kappa shape index (κ2) is 12.3. The Hall–Kier alpha value is -2.17. The van der Waals surface area contributed by atoms with E-state index in [1.54, 1.807) is 16.7 Å². The molecule has 0 aliphatic rings. The zero-order valence-corrected chi connectivity index (χ0v) is 17.6. The summed E-state index contributed by atoms with van der Waals surface area (Å²) in [5.74, 6) is -0.162. The van der Waals surface area contributed by atoms with Crippen molar-refractivity contribution in [2.75, 3.05) is 0 Å². The van der Waals surface area contributed by atoms with Gasteiger partial charge in [0.1, 0.15) is 0 Å². The van der Waals surface area contributed by atoms with Crippen molar-refractivity contribution in [3.05, 3.63) is 70.5 Å². The minimum atomic E-state index is -0.162. The number of amides is 1. The molecule has 4 nitrogen and oxygen atoms in total. The molecule has 2 rings (SSSR count). The average molecular weight is 419 g/mol. The van der Waals surface area contributed by atoms with Gasteiger partial charge in [0.2, 0.25) is 6.54 Å². The molecule has 0 bridgehead atoms. The van der Waals surface area contributed by atoms with E-state index in [-0.39, 0.29) is 12.5 Å². The molecule has 0 saturated heterocycles. The molecule has 0 aliphatic heterocycles. The molecule has 0 saturated carbocycles. The van der Waals surface area contributed by atoms with Gasteiger partial charge in [-0.3, -0.25) is 4.79 Å². The van der Waals surface area contributed by atoms with E-state index < -0.39 is 0 Å². The molecular formula is C22H26Cl2N3O+. The molecule has 1 aromatic carbocycles. The van der Waals surface area contributed by atoms with Gasteiger partial charge in [0.15, 0.2) is 12.4 Å². The number of allylic oxidation sites excluding steroid dienone is 1. The van der Waals surface area contributed by atoms with Gasteiger partial charge in [0.05, 0.1) is 15.8 Å². The van der Waals surface area contributed by atoms with Crippen LogP contribution in [0.15, 0.2) is 60.0 Å². The third kappa shape index (κ3) is 8.24. The fourth-order valence-electron chi connectivity index (χ4n) is 2.59. The van der Waals surface area contributed by atoms with Gasteiger partial charge in [-0.1, -0.05) is 67.6 Å². The van der Waals surface area contributed by atoms with Crippen LogP contribution in [0.5, 0.6) is 0 Å². The largest absolute Gasteiger partial charge is 0.305 e. The number of nitrogens with one attached hydrogen (secondary N) is 1. The van der Waals surface area contributed by atoms with Crippen LogP contribution in [0.1, 0.15) is 44.6 Å². The minimum Gasteiger partial charge on any atom is -0.266 e. The van der Waals surface area contributed by atoms with Crippen molar-refractivity contribution in [3.63, 3.8) is 0 Å². The number of carbonyl (C=O) groups excluding carboxylic acids is 1. The molecule has 0 unspecified atom stereocenters. The lowest BCUT2D eigenvalue weighted by atomic mass is 10.1. The van der Waals surface area contributed by atoms with Gasteiger partial charge in [0, 0.05) is 12.1 Å². The average Bonchev–Trinajstić information content (AvgIpc) is 2.70. The maximum atomic E-state index is 12.2. The number of hydrogen-bond donors (Lipinski definition) is 1. The molecule has 2 aromatic rings. The fraction of sp³-hybridized carbons (Fsp3) is 0.318. The van der Waals surface area contributed by atoms with E-state index in [0.29, 0.717) is 10.0 Å². The highest BCUT2D eigenvalue weighted by molar-refractivity contribution is 6.42. The van der Waals surface area contributed by atoms with Crippen molar-refractivity contribution >= 4 is 40.9 Å². The monoisotopic (exact) mass is 418 g/mol. The summed E-state index contributed by atoms with van der Waals surface area (Å²) in [5.41, 5.74) is 4.42. The molecule has 6 heteroatoms. The number of nitrogens with zero attached hydrogens (tertiary/aromatic N) is 2. The summed E-state index contributed by atoms with van der Waals surface area (Å²) in [7, 11) is 0. The maximum absolute atomic E-state index is 12.2. The van der Waals surface area contributed by atoms with Crippen molar-refractivity contribution in [3.8, 4) is 0 Å². The maximum Gasteiger partial charge on any atom is 0.305 e. The number of pyridine rings is 1. The smallest absolute Gasteiger partial charge is 0.266 e. The predicted molar refractivity (Wildman–Crippen MR) is 116 cm³/mol. The highest BCUT2D eigenvalue weighted by Gasteiger charge is 2.07. The SMILES string of the molecule is CCCCCCC(/C=C/c1ccc(Cl)c(Cl)c1)=NNC(=O)C[n+]1ccccc1. The number of hydrazone groups is 1. The number of rotatable bonds is 10. The fourth-order valence-corrected chi connectivity index (χ4v) is 2.90. The van der Waals surface area contributed by atoms with E-state index in [0.717, 1.165) is 30.5 Å². The van der Waals surface area contributed by atoms with E-state index in [9.17, 15) is 4.79 Å². The summed E-state index contributed by atoms with van der Waals surface area (Å²) in [6.07, 6.45) is 12.9. The van der Waals surface area contributed by atoms with Gasteiger partial charge in [-0.25, -0.2) is 5.43 Å². The van der Waals surface area contributed by atoms with Crippen molar-refractivity contribution < 1.29 is 9.36 Å².